The fourth-order valence-corrected chi connectivity index (χ4v) is 3.33. The molecule has 26 heavy (non-hydrogen) atoms. The predicted molar refractivity (Wildman–Crippen MR) is 100 cm³/mol. The largest absolute Gasteiger partial charge is 0.464 e. The number of alkyl carbamates (subject to hydrolysis) is 1. The van der Waals surface area contributed by atoms with E-state index in [1.807, 2.05) is 45.0 Å². The van der Waals surface area contributed by atoms with Crippen molar-refractivity contribution >= 4 is 17.1 Å². The third kappa shape index (κ3) is 4.77. The number of nitrogens with zero attached hydrogens (tertiary/aromatic N) is 1. The molecule has 1 amide bonds. The summed E-state index contributed by atoms with van der Waals surface area (Å²) in [4.78, 5) is 14.1. The number of fused-ring (bicyclic) bond motifs is 1. The molecule has 2 N–H and O–H groups in total. The van der Waals surface area contributed by atoms with Gasteiger partial charge in [-0.15, -0.1) is 0 Å². The van der Waals surface area contributed by atoms with Crippen LogP contribution >= 0.6 is 0 Å². The molecule has 2 aromatic rings. The zero-order valence-electron chi connectivity index (χ0n) is 15.7. The van der Waals surface area contributed by atoms with E-state index in [4.69, 9.17) is 9.15 Å². The van der Waals surface area contributed by atoms with Crippen LogP contribution in [-0.2, 0) is 4.74 Å². The second-order valence-corrected chi connectivity index (χ2v) is 7.92. The summed E-state index contributed by atoms with van der Waals surface area (Å²) in [5, 5.41) is 14.5. The van der Waals surface area contributed by atoms with E-state index >= 15 is 0 Å². The van der Waals surface area contributed by atoms with E-state index in [0.717, 1.165) is 42.5 Å². The minimum Gasteiger partial charge on any atom is -0.464 e. The van der Waals surface area contributed by atoms with Gasteiger partial charge in [-0.25, -0.2) is 4.79 Å². The standard InChI is InChI=1S/C20H28N2O4/c1-20(2,3)26-19(24)21-14-8-10-22(11-9-14)12-17(23)16-13-25-18-7-5-4-6-15(16)18/h4-7,13-14,17,23H,8-12H2,1-3H3,(H,21,24). The lowest BCUT2D eigenvalue weighted by molar-refractivity contribution is 0.0459. The number of hydrogen-bond acceptors (Lipinski definition) is 5. The first-order valence-electron chi connectivity index (χ1n) is 9.18. The fourth-order valence-electron chi connectivity index (χ4n) is 3.33. The van der Waals surface area contributed by atoms with E-state index in [-0.39, 0.29) is 12.1 Å². The van der Waals surface area contributed by atoms with Crippen molar-refractivity contribution in [3.05, 3.63) is 36.1 Å². The third-order valence-corrected chi connectivity index (χ3v) is 4.61. The van der Waals surface area contributed by atoms with Gasteiger partial charge in [-0.05, 0) is 39.7 Å². The summed E-state index contributed by atoms with van der Waals surface area (Å²) in [6.07, 6.45) is 2.39. The SMILES string of the molecule is CC(C)(C)OC(=O)NC1CCN(CC(O)c2coc3ccccc23)CC1. The summed E-state index contributed by atoms with van der Waals surface area (Å²) in [6.45, 7) is 7.78. The molecule has 1 saturated heterocycles. The number of aliphatic hydroxyl groups is 1. The van der Waals surface area contributed by atoms with Crippen LogP contribution in [0.2, 0.25) is 0 Å². The molecule has 0 saturated carbocycles. The van der Waals surface area contributed by atoms with Crippen LogP contribution in [0.25, 0.3) is 11.0 Å². The Morgan fingerprint density at radius 3 is 2.73 bits per heavy atom. The van der Waals surface area contributed by atoms with Crippen molar-refractivity contribution in [2.24, 2.45) is 0 Å². The van der Waals surface area contributed by atoms with Gasteiger partial charge in [-0.1, -0.05) is 18.2 Å². The highest BCUT2D eigenvalue weighted by atomic mass is 16.6. The van der Waals surface area contributed by atoms with Crippen molar-refractivity contribution in [2.75, 3.05) is 19.6 Å². The summed E-state index contributed by atoms with van der Waals surface area (Å²) in [5.74, 6) is 0. The number of carbonyl (C=O) groups excluding carboxylic acids is 1. The van der Waals surface area contributed by atoms with E-state index in [1.54, 1.807) is 6.26 Å². The number of nitrogens with one attached hydrogen (secondary N) is 1. The number of para-hydroxylation sites is 1. The lowest BCUT2D eigenvalue weighted by Gasteiger charge is -2.33. The minimum absolute atomic E-state index is 0.119. The molecule has 3 rings (SSSR count). The Labute approximate surface area is 154 Å². The van der Waals surface area contributed by atoms with Gasteiger partial charge in [0.1, 0.15) is 11.2 Å². The number of ether oxygens (including phenoxy) is 1. The van der Waals surface area contributed by atoms with Gasteiger partial charge in [0.05, 0.1) is 12.4 Å². The van der Waals surface area contributed by atoms with Crippen LogP contribution in [0.3, 0.4) is 0 Å². The highest BCUT2D eigenvalue weighted by Gasteiger charge is 2.25. The maximum atomic E-state index is 11.9. The Bertz CT molecular complexity index is 742. The van der Waals surface area contributed by atoms with Gasteiger partial charge in [0, 0.05) is 36.6 Å². The third-order valence-electron chi connectivity index (χ3n) is 4.61. The first kappa shape index (κ1) is 18.7. The van der Waals surface area contributed by atoms with Crippen LogP contribution in [0.4, 0.5) is 4.79 Å². The maximum absolute atomic E-state index is 11.9. The summed E-state index contributed by atoms with van der Waals surface area (Å²) >= 11 is 0. The van der Waals surface area contributed by atoms with Gasteiger partial charge in [-0.2, -0.15) is 0 Å². The number of amides is 1. The lowest BCUT2D eigenvalue weighted by Crippen LogP contribution is -2.46. The summed E-state index contributed by atoms with van der Waals surface area (Å²) < 4.78 is 10.8. The number of furan rings is 1. The van der Waals surface area contributed by atoms with E-state index in [9.17, 15) is 9.90 Å². The molecule has 0 spiro atoms. The molecule has 1 aromatic heterocycles. The van der Waals surface area contributed by atoms with Crippen molar-refractivity contribution in [1.29, 1.82) is 0 Å². The Morgan fingerprint density at radius 1 is 1.35 bits per heavy atom. The van der Waals surface area contributed by atoms with Crippen molar-refractivity contribution < 1.29 is 19.1 Å². The number of carbonyl (C=O) groups is 1. The minimum atomic E-state index is -0.589. The van der Waals surface area contributed by atoms with Gasteiger partial charge in [0.25, 0.3) is 0 Å². The highest BCUT2D eigenvalue weighted by molar-refractivity contribution is 5.81. The topological polar surface area (TPSA) is 74.9 Å². The summed E-state index contributed by atoms with van der Waals surface area (Å²) in [7, 11) is 0. The highest BCUT2D eigenvalue weighted by Crippen LogP contribution is 2.27. The Kier molecular flexibility index (Phi) is 5.53. The van der Waals surface area contributed by atoms with Crippen molar-refractivity contribution in [3.8, 4) is 0 Å². The smallest absolute Gasteiger partial charge is 0.407 e. The quantitative estimate of drug-likeness (QED) is 0.873. The van der Waals surface area contributed by atoms with E-state index < -0.39 is 11.7 Å². The molecular formula is C20H28N2O4. The monoisotopic (exact) mass is 360 g/mol. The maximum Gasteiger partial charge on any atom is 0.407 e. The fraction of sp³-hybridized carbons (Fsp3) is 0.550. The number of benzene rings is 1. The van der Waals surface area contributed by atoms with Gasteiger partial charge in [-0.3, -0.25) is 0 Å². The number of hydrogen-bond donors (Lipinski definition) is 2. The molecule has 0 aliphatic carbocycles. The number of piperidine rings is 1. The van der Waals surface area contributed by atoms with Crippen molar-refractivity contribution in [2.45, 2.75) is 51.4 Å². The van der Waals surface area contributed by atoms with E-state index in [0.29, 0.717) is 6.54 Å². The number of β-amino-alcohol motifs (C(OH)–C–C–N with tert-alkyl or cyclic N) is 1. The zero-order chi connectivity index (χ0) is 18.7. The molecule has 1 aromatic carbocycles. The summed E-state index contributed by atoms with van der Waals surface area (Å²) in [5.41, 5.74) is 1.14. The molecule has 6 nitrogen and oxygen atoms in total. The van der Waals surface area contributed by atoms with Gasteiger partial charge in [0.15, 0.2) is 0 Å². The number of aliphatic hydroxyl groups excluding tert-OH is 1. The molecule has 1 atom stereocenters. The Morgan fingerprint density at radius 2 is 2.04 bits per heavy atom. The van der Waals surface area contributed by atoms with E-state index in [2.05, 4.69) is 10.2 Å². The molecule has 6 heteroatoms. The van der Waals surface area contributed by atoms with Crippen molar-refractivity contribution in [3.63, 3.8) is 0 Å². The normalized spacial score (nSPS) is 18.0. The zero-order valence-corrected chi connectivity index (χ0v) is 15.7. The van der Waals surface area contributed by atoms with Crippen LogP contribution in [0.1, 0.15) is 45.3 Å². The molecule has 1 aliphatic heterocycles. The van der Waals surface area contributed by atoms with Gasteiger partial charge in [0.2, 0.25) is 0 Å². The summed E-state index contributed by atoms with van der Waals surface area (Å²) in [6, 6.07) is 7.85. The molecule has 1 unspecified atom stereocenters. The van der Waals surface area contributed by atoms with Crippen LogP contribution in [-0.4, -0.2) is 47.4 Å². The molecule has 2 heterocycles. The average Bonchev–Trinajstić information content (AvgIpc) is 2.99. The molecule has 1 fully saturated rings. The van der Waals surface area contributed by atoms with E-state index in [1.165, 1.54) is 0 Å². The van der Waals surface area contributed by atoms with Crippen LogP contribution in [0, 0.1) is 0 Å². The first-order valence-corrected chi connectivity index (χ1v) is 9.18. The first-order chi connectivity index (χ1) is 12.3. The Hall–Kier alpha value is -2.05. The molecule has 0 radical (unpaired) electrons. The van der Waals surface area contributed by atoms with Crippen LogP contribution in [0.15, 0.2) is 34.9 Å². The second kappa shape index (κ2) is 7.68. The Balaban J connectivity index is 1.49. The van der Waals surface area contributed by atoms with Gasteiger partial charge < -0.3 is 24.5 Å². The average molecular weight is 360 g/mol. The molecule has 1 aliphatic rings. The predicted octanol–water partition coefficient (Wildman–Crippen LogP) is 3.46. The number of rotatable bonds is 4. The van der Waals surface area contributed by atoms with Crippen molar-refractivity contribution in [1.82, 2.24) is 10.2 Å². The second-order valence-electron chi connectivity index (χ2n) is 7.92. The van der Waals surface area contributed by atoms with Gasteiger partial charge >= 0.3 is 6.09 Å². The number of likely N-dealkylation sites (tertiary alicyclic amines) is 1. The van der Waals surface area contributed by atoms with Crippen LogP contribution in [0.5, 0.6) is 0 Å². The lowest BCUT2D eigenvalue weighted by atomic mass is 10.0. The molecule has 142 valence electrons. The van der Waals surface area contributed by atoms with Crippen LogP contribution < -0.4 is 5.32 Å². The molecular weight excluding hydrogens is 332 g/mol. The molecule has 0 bridgehead atoms.